The van der Waals surface area contributed by atoms with Gasteiger partial charge < -0.3 is 4.74 Å². The van der Waals surface area contributed by atoms with Crippen molar-refractivity contribution in [3.8, 4) is 0 Å². The molecule has 2 bridgehead atoms. The third kappa shape index (κ3) is 3.84. The normalized spacial score (nSPS) is 29.7. The highest BCUT2D eigenvalue weighted by Gasteiger charge is 2.77. The molecule has 7 rings (SSSR count). The molecule has 2 aromatic carbocycles. The van der Waals surface area contributed by atoms with E-state index >= 15 is 0 Å². The van der Waals surface area contributed by atoms with Crippen LogP contribution < -0.4 is 9.80 Å². The van der Waals surface area contributed by atoms with Crippen LogP contribution >= 0.6 is 0 Å². The second-order valence-corrected chi connectivity index (χ2v) is 13.1. The summed E-state index contributed by atoms with van der Waals surface area (Å²) in [5.41, 5.74) is 2.42. The summed E-state index contributed by atoms with van der Waals surface area (Å²) >= 11 is 0. The molecular formula is C35H38N2O6. The number of carbonyl (C=O) groups is 5. The van der Waals surface area contributed by atoms with Crippen molar-refractivity contribution in [1.29, 1.82) is 0 Å². The zero-order valence-corrected chi connectivity index (χ0v) is 25.7. The van der Waals surface area contributed by atoms with E-state index in [4.69, 9.17) is 4.74 Å². The zero-order valence-electron chi connectivity index (χ0n) is 25.7. The van der Waals surface area contributed by atoms with Crippen LogP contribution in [0.4, 0.5) is 11.4 Å². The first kappa shape index (κ1) is 29.0. The van der Waals surface area contributed by atoms with Crippen LogP contribution in [-0.4, -0.2) is 36.2 Å². The van der Waals surface area contributed by atoms with Crippen LogP contribution in [-0.2, 0) is 28.7 Å². The van der Waals surface area contributed by atoms with Crippen LogP contribution in [0.5, 0.6) is 0 Å². The van der Waals surface area contributed by atoms with E-state index in [0.717, 1.165) is 11.1 Å². The molecular weight excluding hydrogens is 544 g/mol. The molecule has 3 aliphatic carbocycles. The quantitative estimate of drug-likeness (QED) is 0.335. The minimum Gasteiger partial charge on any atom is -0.463 e. The highest BCUT2D eigenvalue weighted by Crippen LogP contribution is 2.68. The Bertz CT molecular complexity index is 1490. The molecule has 43 heavy (non-hydrogen) atoms. The minimum absolute atomic E-state index is 0.112. The van der Waals surface area contributed by atoms with Crippen LogP contribution in [0.15, 0.2) is 59.7 Å². The molecule has 8 heteroatoms. The lowest BCUT2D eigenvalue weighted by Crippen LogP contribution is -2.61. The summed E-state index contributed by atoms with van der Waals surface area (Å²) in [6.07, 6.45) is 0. The van der Waals surface area contributed by atoms with E-state index in [0.29, 0.717) is 16.9 Å². The van der Waals surface area contributed by atoms with Gasteiger partial charge in [-0.05, 0) is 61.1 Å². The van der Waals surface area contributed by atoms with Crippen molar-refractivity contribution in [2.45, 2.75) is 60.3 Å². The number of imide groups is 2. The van der Waals surface area contributed by atoms with Gasteiger partial charge in [-0.1, -0.05) is 64.5 Å². The number of rotatable bonds is 6. The molecule has 5 aliphatic rings. The number of allylic oxidation sites excluding steroid dienone is 1. The van der Waals surface area contributed by atoms with Gasteiger partial charge in [-0.3, -0.25) is 29.0 Å². The van der Waals surface area contributed by atoms with Crippen LogP contribution in [0.25, 0.3) is 0 Å². The van der Waals surface area contributed by atoms with Gasteiger partial charge in [0.1, 0.15) is 0 Å². The number of anilines is 2. The van der Waals surface area contributed by atoms with E-state index in [2.05, 4.69) is 27.7 Å². The predicted molar refractivity (Wildman–Crippen MR) is 161 cm³/mol. The maximum atomic E-state index is 14.3. The zero-order chi connectivity index (χ0) is 31.1. The van der Waals surface area contributed by atoms with Crippen LogP contribution in [0, 0.1) is 35.0 Å². The van der Waals surface area contributed by atoms with Crippen molar-refractivity contribution >= 4 is 41.0 Å². The molecule has 0 spiro atoms. The van der Waals surface area contributed by atoms with Crippen molar-refractivity contribution < 1.29 is 28.7 Å². The first-order valence-electron chi connectivity index (χ1n) is 15.2. The maximum absolute atomic E-state index is 14.3. The Morgan fingerprint density at radius 2 is 1.12 bits per heavy atom. The number of benzene rings is 2. The fourth-order valence-electron chi connectivity index (χ4n) is 8.33. The van der Waals surface area contributed by atoms with E-state index in [1.165, 1.54) is 9.80 Å². The summed E-state index contributed by atoms with van der Waals surface area (Å²) in [5, 5.41) is 0. The summed E-state index contributed by atoms with van der Waals surface area (Å²) < 4.78 is 5.47. The van der Waals surface area contributed by atoms with E-state index in [1.807, 2.05) is 24.3 Å². The molecule has 0 unspecified atom stereocenters. The lowest BCUT2D eigenvalue weighted by molar-refractivity contribution is -0.155. The molecule has 4 atom stereocenters. The van der Waals surface area contributed by atoms with E-state index in [9.17, 15) is 24.0 Å². The fraction of sp³-hybridized carbons (Fsp3) is 0.457. The number of carbonyl (C=O) groups excluding carboxylic acids is 5. The number of hydrogen-bond donors (Lipinski definition) is 0. The van der Waals surface area contributed by atoms with Crippen LogP contribution in [0.3, 0.4) is 0 Å². The lowest BCUT2D eigenvalue weighted by Gasteiger charge is -2.55. The van der Waals surface area contributed by atoms with Crippen LogP contribution in [0.2, 0.25) is 0 Å². The number of ether oxygens (including phenoxy) is 1. The summed E-state index contributed by atoms with van der Waals surface area (Å²) in [5.74, 6) is -6.27. The van der Waals surface area contributed by atoms with Gasteiger partial charge in [-0.2, -0.15) is 0 Å². The highest BCUT2D eigenvalue weighted by molar-refractivity contribution is 6.27. The number of nitrogens with zero attached hydrogens (tertiary/aromatic N) is 2. The van der Waals surface area contributed by atoms with Gasteiger partial charge in [-0.25, -0.2) is 4.79 Å². The van der Waals surface area contributed by atoms with Gasteiger partial charge in [-0.15, -0.1) is 0 Å². The predicted octanol–water partition coefficient (Wildman–Crippen LogP) is 5.37. The Balaban J connectivity index is 1.49. The standard InChI is InChI=1S/C35H38N2O6/c1-8-43-34(42)27-19(6)24-25-28(32(40)36(30(25)38)22-13-9-20(10-14-22)17(2)3)35(27,7)29-26(24)31(39)37(33(29)41)23-15-11-21(12-16-23)18(4)5/h9-18,24-26,28-29H,8H2,1-7H3/t24?,25-,26-,28-,29-,35?/m1/s1. The van der Waals surface area contributed by atoms with Gasteiger partial charge in [0.2, 0.25) is 23.6 Å². The molecule has 0 N–H and O–H groups in total. The molecule has 2 aliphatic heterocycles. The average molecular weight is 583 g/mol. The van der Waals surface area contributed by atoms with Gasteiger partial charge in [0.25, 0.3) is 0 Å². The average Bonchev–Trinajstić information content (AvgIpc) is 3.39. The number of amides is 4. The van der Waals surface area contributed by atoms with Gasteiger partial charge in [0, 0.05) is 16.9 Å². The molecule has 3 fully saturated rings. The smallest absolute Gasteiger partial charge is 0.334 e. The summed E-state index contributed by atoms with van der Waals surface area (Å²) in [6.45, 7) is 13.5. The van der Waals surface area contributed by atoms with Crippen molar-refractivity contribution in [1.82, 2.24) is 0 Å². The Labute approximate surface area is 252 Å². The Morgan fingerprint density at radius 1 is 0.721 bits per heavy atom. The van der Waals surface area contributed by atoms with Gasteiger partial charge >= 0.3 is 5.97 Å². The molecule has 0 radical (unpaired) electrons. The largest absolute Gasteiger partial charge is 0.463 e. The van der Waals surface area contributed by atoms with E-state index < -0.39 is 64.6 Å². The minimum atomic E-state index is -1.42. The fourth-order valence-corrected chi connectivity index (χ4v) is 8.33. The molecule has 2 saturated heterocycles. The van der Waals surface area contributed by atoms with Gasteiger partial charge in [0.15, 0.2) is 0 Å². The second kappa shape index (κ2) is 10.00. The molecule has 4 amide bonds. The molecule has 2 aromatic rings. The molecule has 0 aromatic heterocycles. The SMILES string of the molecule is CCOC(=O)C1=C(C)C2[C@H]3C(=O)N(c4ccc(C(C)C)cc4)C(=O)[C@@H]3C1(C)[C@H]1C(=O)N(c3ccc(C(C)C)cc3)C(=O)[C@H]21. The Hall–Kier alpha value is -4.07. The highest BCUT2D eigenvalue weighted by atomic mass is 16.5. The molecule has 1 saturated carbocycles. The summed E-state index contributed by atoms with van der Waals surface area (Å²) in [6, 6.07) is 14.6. The van der Waals surface area contributed by atoms with Crippen molar-refractivity contribution in [3.05, 3.63) is 70.8 Å². The Morgan fingerprint density at radius 3 is 1.47 bits per heavy atom. The third-order valence-corrected chi connectivity index (χ3v) is 10.3. The molecule has 8 nitrogen and oxygen atoms in total. The second-order valence-electron chi connectivity index (χ2n) is 13.1. The summed E-state index contributed by atoms with van der Waals surface area (Å²) in [4.78, 5) is 73.1. The van der Waals surface area contributed by atoms with Crippen LogP contribution in [0.1, 0.15) is 71.4 Å². The van der Waals surface area contributed by atoms with Crippen molar-refractivity contribution in [3.63, 3.8) is 0 Å². The van der Waals surface area contributed by atoms with Crippen molar-refractivity contribution in [2.75, 3.05) is 16.4 Å². The monoisotopic (exact) mass is 582 g/mol. The van der Waals surface area contributed by atoms with Gasteiger partial charge in [0.05, 0.1) is 41.7 Å². The lowest BCUT2D eigenvalue weighted by atomic mass is 9.43. The first-order chi connectivity index (χ1) is 20.4. The third-order valence-electron chi connectivity index (χ3n) is 10.3. The molecule has 2 heterocycles. The Kier molecular flexibility index (Phi) is 6.75. The first-order valence-corrected chi connectivity index (χ1v) is 15.2. The number of esters is 1. The van der Waals surface area contributed by atoms with Crippen molar-refractivity contribution in [2.24, 2.45) is 35.0 Å². The summed E-state index contributed by atoms with van der Waals surface area (Å²) in [7, 11) is 0. The molecule has 224 valence electrons. The topological polar surface area (TPSA) is 101 Å². The van der Waals surface area contributed by atoms with E-state index in [1.54, 1.807) is 45.0 Å². The number of hydrogen-bond acceptors (Lipinski definition) is 6. The maximum Gasteiger partial charge on any atom is 0.334 e. The van der Waals surface area contributed by atoms with E-state index in [-0.39, 0.29) is 24.0 Å².